The second kappa shape index (κ2) is 4.06. The molecule has 66 valence electrons. The summed E-state index contributed by atoms with van der Waals surface area (Å²) >= 11 is 3.10. The lowest BCUT2D eigenvalue weighted by Gasteiger charge is -1.94. The monoisotopic (exact) mass is 241 g/mol. The molecule has 0 fully saturated rings. The normalized spacial score (nSPS) is 8.77. The first-order chi connectivity index (χ1) is 6.09. The summed E-state index contributed by atoms with van der Waals surface area (Å²) < 4.78 is 13.1. The highest BCUT2D eigenvalue weighted by Crippen LogP contribution is 2.16. The minimum absolute atomic E-state index is 0.364. The summed E-state index contributed by atoms with van der Waals surface area (Å²) in [5.74, 6) is 3.58. The van der Waals surface area contributed by atoms with Crippen molar-refractivity contribution < 1.29 is 9.18 Å². The van der Waals surface area contributed by atoms with E-state index in [1.54, 1.807) is 0 Å². The smallest absolute Gasteiger partial charge is 0.293 e. The highest BCUT2D eigenvalue weighted by molar-refractivity contribution is 9.10. The fraction of sp³-hybridized carbons (Fsp3) is 0. The van der Waals surface area contributed by atoms with E-state index in [2.05, 4.69) is 27.8 Å². The van der Waals surface area contributed by atoms with Gasteiger partial charge in [0.2, 0.25) is 0 Å². The zero-order valence-corrected chi connectivity index (χ0v) is 8.06. The maximum absolute atomic E-state index is 12.6. The molecule has 1 amide bonds. The lowest BCUT2D eigenvalue weighted by Crippen LogP contribution is -2.06. The maximum Gasteiger partial charge on any atom is 0.293 e. The fourth-order valence-electron chi connectivity index (χ4n) is 0.720. The first kappa shape index (κ1) is 9.75. The molecule has 1 rings (SSSR count). The largest absolute Gasteiger partial charge is 0.359 e. The van der Waals surface area contributed by atoms with Crippen LogP contribution >= 0.6 is 15.9 Å². The molecule has 0 atom stereocenters. The van der Waals surface area contributed by atoms with E-state index in [4.69, 9.17) is 5.73 Å². The fourth-order valence-corrected chi connectivity index (χ4v) is 1.17. The van der Waals surface area contributed by atoms with Crippen molar-refractivity contribution in [1.82, 2.24) is 0 Å². The highest BCUT2D eigenvalue weighted by atomic mass is 79.9. The van der Waals surface area contributed by atoms with Gasteiger partial charge in [0.1, 0.15) is 5.82 Å². The number of carbonyl (C=O) groups excluding carboxylic acids is 1. The molecule has 0 spiro atoms. The molecule has 0 unspecified atom stereocenters. The van der Waals surface area contributed by atoms with E-state index in [-0.39, 0.29) is 5.82 Å². The van der Waals surface area contributed by atoms with Gasteiger partial charge in [-0.1, -0.05) is 5.92 Å². The van der Waals surface area contributed by atoms with Gasteiger partial charge in [-0.25, -0.2) is 4.39 Å². The topological polar surface area (TPSA) is 43.1 Å². The van der Waals surface area contributed by atoms with Crippen LogP contribution in [0.1, 0.15) is 5.56 Å². The molecule has 13 heavy (non-hydrogen) atoms. The van der Waals surface area contributed by atoms with E-state index < -0.39 is 5.91 Å². The van der Waals surface area contributed by atoms with Crippen LogP contribution in [0.25, 0.3) is 0 Å². The van der Waals surface area contributed by atoms with Crippen molar-refractivity contribution in [2.24, 2.45) is 5.73 Å². The summed E-state index contributed by atoms with van der Waals surface area (Å²) in [6.45, 7) is 0. The molecule has 1 aromatic carbocycles. The van der Waals surface area contributed by atoms with Crippen LogP contribution in [0.3, 0.4) is 0 Å². The van der Waals surface area contributed by atoms with Crippen LogP contribution in [0.15, 0.2) is 22.7 Å². The molecule has 4 heteroatoms. The molecule has 0 aromatic heterocycles. The first-order valence-electron chi connectivity index (χ1n) is 3.36. The van der Waals surface area contributed by atoms with Crippen LogP contribution in [0.4, 0.5) is 4.39 Å². The van der Waals surface area contributed by atoms with Gasteiger partial charge in [0, 0.05) is 16.0 Å². The zero-order valence-electron chi connectivity index (χ0n) is 6.47. The predicted molar refractivity (Wildman–Crippen MR) is 50.2 cm³/mol. The quantitative estimate of drug-likeness (QED) is 0.687. The molecule has 0 bridgehead atoms. The van der Waals surface area contributed by atoms with Crippen molar-refractivity contribution >= 4 is 21.8 Å². The summed E-state index contributed by atoms with van der Waals surface area (Å²) in [6, 6.07) is 4.00. The highest BCUT2D eigenvalue weighted by Gasteiger charge is 1.97. The molecule has 2 N–H and O–H groups in total. The number of benzene rings is 1. The number of halogens is 2. The number of amides is 1. The molecule has 0 saturated heterocycles. The van der Waals surface area contributed by atoms with Crippen LogP contribution < -0.4 is 5.73 Å². The molecule has 0 radical (unpaired) electrons. The lowest BCUT2D eigenvalue weighted by molar-refractivity contribution is -0.112. The first-order valence-corrected chi connectivity index (χ1v) is 4.15. The molecule has 1 aromatic rings. The molecule has 0 aliphatic heterocycles. The predicted octanol–water partition coefficient (Wildman–Crippen LogP) is 1.43. The van der Waals surface area contributed by atoms with Gasteiger partial charge in [-0.3, -0.25) is 4.79 Å². The second-order valence-electron chi connectivity index (χ2n) is 2.24. The van der Waals surface area contributed by atoms with Crippen LogP contribution in [0, 0.1) is 17.7 Å². The molecule has 0 saturated carbocycles. The van der Waals surface area contributed by atoms with E-state index in [1.165, 1.54) is 18.2 Å². The van der Waals surface area contributed by atoms with Gasteiger partial charge < -0.3 is 5.73 Å². The standard InChI is InChI=1S/C9H5BrFNO/c10-8-5-7(11)3-1-6(8)2-4-9(12)13/h1,3,5H,(H2,12,13). The van der Waals surface area contributed by atoms with Gasteiger partial charge in [-0.15, -0.1) is 0 Å². The third-order valence-electron chi connectivity index (χ3n) is 1.25. The zero-order chi connectivity index (χ0) is 9.84. The molecule has 2 nitrogen and oxygen atoms in total. The van der Waals surface area contributed by atoms with Crippen molar-refractivity contribution in [3.8, 4) is 11.8 Å². The Kier molecular flexibility index (Phi) is 3.04. The van der Waals surface area contributed by atoms with Crippen molar-refractivity contribution in [2.75, 3.05) is 0 Å². The average Bonchev–Trinajstić information content (AvgIpc) is 2.02. The molecule has 0 heterocycles. The Labute approximate surface area is 83.1 Å². The van der Waals surface area contributed by atoms with E-state index in [9.17, 15) is 9.18 Å². The van der Waals surface area contributed by atoms with Crippen molar-refractivity contribution in [3.63, 3.8) is 0 Å². The van der Waals surface area contributed by atoms with Crippen LogP contribution in [-0.2, 0) is 4.79 Å². The van der Waals surface area contributed by atoms with E-state index in [0.717, 1.165) is 0 Å². The van der Waals surface area contributed by atoms with E-state index in [1.807, 2.05) is 0 Å². The second-order valence-corrected chi connectivity index (χ2v) is 3.09. The third kappa shape index (κ3) is 2.88. The SMILES string of the molecule is NC(=O)C#Cc1ccc(F)cc1Br. The summed E-state index contributed by atoms with van der Waals surface area (Å²) in [4.78, 5) is 10.3. The minimum Gasteiger partial charge on any atom is -0.359 e. The molecule has 0 aliphatic rings. The third-order valence-corrected chi connectivity index (χ3v) is 1.91. The Morgan fingerprint density at radius 1 is 1.54 bits per heavy atom. The summed E-state index contributed by atoms with van der Waals surface area (Å²) in [5.41, 5.74) is 5.35. The minimum atomic E-state index is -0.712. The summed E-state index contributed by atoms with van der Waals surface area (Å²) in [7, 11) is 0. The number of carbonyl (C=O) groups is 1. The molecule has 0 aliphatic carbocycles. The number of hydrogen-bond donors (Lipinski definition) is 1. The Balaban J connectivity index is 3.05. The molecular weight excluding hydrogens is 237 g/mol. The van der Waals surface area contributed by atoms with Crippen molar-refractivity contribution in [1.29, 1.82) is 0 Å². The Morgan fingerprint density at radius 3 is 2.77 bits per heavy atom. The van der Waals surface area contributed by atoms with Crippen molar-refractivity contribution in [2.45, 2.75) is 0 Å². The summed E-state index contributed by atoms with van der Waals surface area (Å²) in [5, 5.41) is 0. The van der Waals surface area contributed by atoms with Crippen LogP contribution in [0.5, 0.6) is 0 Å². The number of rotatable bonds is 0. The van der Waals surface area contributed by atoms with Gasteiger partial charge >= 0.3 is 0 Å². The van der Waals surface area contributed by atoms with E-state index in [0.29, 0.717) is 10.0 Å². The van der Waals surface area contributed by atoms with Crippen molar-refractivity contribution in [3.05, 3.63) is 34.1 Å². The Morgan fingerprint density at radius 2 is 2.23 bits per heavy atom. The summed E-state index contributed by atoms with van der Waals surface area (Å²) in [6.07, 6.45) is 0. The van der Waals surface area contributed by atoms with Crippen LogP contribution in [0.2, 0.25) is 0 Å². The number of hydrogen-bond acceptors (Lipinski definition) is 1. The maximum atomic E-state index is 12.6. The molecular formula is C9H5BrFNO. The van der Waals surface area contributed by atoms with Gasteiger partial charge in [0.25, 0.3) is 5.91 Å². The van der Waals surface area contributed by atoms with Gasteiger partial charge in [-0.2, -0.15) is 0 Å². The van der Waals surface area contributed by atoms with Gasteiger partial charge in [0.05, 0.1) is 0 Å². The van der Waals surface area contributed by atoms with E-state index >= 15 is 0 Å². The number of nitrogens with two attached hydrogens (primary N) is 1. The number of primary amides is 1. The van der Waals surface area contributed by atoms with Crippen LogP contribution in [-0.4, -0.2) is 5.91 Å². The lowest BCUT2D eigenvalue weighted by atomic mass is 10.2. The Bertz CT molecular complexity index is 406. The van der Waals surface area contributed by atoms with Gasteiger partial charge in [-0.05, 0) is 34.1 Å². The van der Waals surface area contributed by atoms with Gasteiger partial charge in [0.15, 0.2) is 0 Å². The average molecular weight is 242 g/mol. The Hall–Kier alpha value is -1.34.